The van der Waals surface area contributed by atoms with Gasteiger partial charge < -0.3 is 4.98 Å². The summed E-state index contributed by atoms with van der Waals surface area (Å²) in [7, 11) is 0. The van der Waals surface area contributed by atoms with E-state index in [4.69, 9.17) is 11.6 Å². The highest BCUT2D eigenvalue weighted by Gasteiger charge is 2.11. The van der Waals surface area contributed by atoms with Gasteiger partial charge in [-0.3, -0.25) is 4.90 Å². The highest BCUT2D eigenvalue weighted by Crippen LogP contribution is 2.18. The number of benzene rings is 1. The van der Waals surface area contributed by atoms with Crippen LogP contribution in [0.5, 0.6) is 0 Å². The van der Waals surface area contributed by atoms with E-state index in [-0.39, 0.29) is 0 Å². The number of halogens is 1. The molecule has 1 aromatic heterocycles. The van der Waals surface area contributed by atoms with E-state index in [2.05, 4.69) is 14.9 Å². The molecular formula is C14H18ClN3. The second kappa shape index (κ2) is 5.29. The maximum absolute atomic E-state index is 5.98. The molecule has 96 valence electrons. The number of fused-ring (bicyclic) bond motifs is 1. The van der Waals surface area contributed by atoms with E-state index in [0.717, 1.165) is 28.4 Å². The first kappa shape index (κ1) is 12.0. The molecule has 0 aliphatic carbocycles. The van der Waals surface area contributed by atoms with Crippen molar-refractivity contribution in [3.63, 3.8) is 0 Å². The number of nitrogens with zero attached hydrogens (tertiary/aromatic N) is 2. The van der Waals surface area contributed by atoms with Crippen LogP contribution in [0.1, 0.15) is 31.5 Å². The minimum Gasteiger partial charge on any atom is -0.341 e. The largest absolute Gasteiger partial charge is 0.341 e. The Morgan fingerprint density at radius 2 is 1.94 bits per heavy atom. The van der Waals surface area contributed by atoms with E-state index in [1.54, 1.807) is 0 Å². The van der Waals surface area contributed by atoms with Crippen molar-refractivity contribution in [2.75, 3.05) is 13.1 Å². The van der Waals surface area contributed by atoms with Gasteiger partial charge in [0.2, 0.25) is 0 Å². The smallest absolute Gasteiger partial charge is 0.121 e. The summed E-state index contributed by atoms with van der Waals surface area (Å²) in [5.41, 5.74) is 2.04. The average molecular weight is 264 g/mol. The number of nitrogens with one attached hydrogen (secondary N) is 1. The summed E-state index contributed by atoms with van der Waals surface area (Å²) in [5.74, 6) is 1.05. The molecule has 3 nitrogen and oxygen atoms in total. The first-order valence-corrected chi connectivity index (χ1v) is 7.05. The third-order valence-corrected chi connectivity index (χ3v) is 3.80. The summed E-state index contributed by atoms with van der Waals surface area (Å²) in [6, 6.07) is 5.80. The van der Waals surface area contributed by atoms with Gasteiger partial charge in [0.05, 0.1) is 17.6 Å². The molecule has 2 heterocycles. The van der Waals surface area contributed by atoms with E-state index in [1.807, 2.05) is 18.2 Å². The van der Waals surface area contributed by atoms with Crippen LogP contribution in [-0.4, -0.2) is 28.0 Å². The summed E-state index contributed by atoms with van der Waals surface area (Å²) in [5, 5.41) is 0.757. The second-order valence-corrected chi connectivity index (χ2v) is 5.47. The quantitative estimate of drug-likeness (QED) is 0.898. The standard InChI is InChI=1S/C14H18ClN3/c15-11-5-6-12-13(9-11)17-14(16-12)10-18-7-3-1-2-4-8-18/h5-6,9H,1-4,7-8,10H2,(H,16,17). The molecule has 0 radical (unpaired) electrons. The SMILES string of the molecule is Clc1ccc2nc(CN3CCCCCC3)[nH]c2c1. The molecule has 0 amide bonds. The molecule has 0 unspecified atom stereocenters. The van der Waals surface area contributed by atoms with Gasteiger partial charge in [-0.2, -0.15) is 0 Å². The maximum atomic E-state index is 5.98. The van der Waals surface area contributed by atoms with Crippen LogP contribution in [0.15, 0.2) is 18.2 Å². The lowest BCUT2D eigenvalue weighted by Gasteiger charge is -2.17. The zero-order valence-electron chi connectivity index (χ0n) is 10.5. The second-order valence-electron chi connectivity index (χ2n) is 5.04. The molecule has 4 heteroatoms. The van der Waals surface area contributed by atoms with E-state index in [9.17, 15) is 0 Å². The zero-order valence-corrected chi connectivity index (χ0v) is 11.2. The number of hydrogen-bond acceptors (Lipinski definition) is 2. The topological polar surface area (TPSA) is 31.9 Å². The highest BCUT2D eigenvalue weighted by molar-refractivity contribution is 6.31. The number of likely N-dealkylation sites (tertiary alicyclic amines) is 1. The van der Waals surface area contributed by atoms with Gasteiger partial charge >= 0.3 is 0 Å². The van der Waals surface area contributed by atoms with Crippen molar-refractivity contribution in [1.82, 2.24) is 14.9 Å². The van der Waals surface area contributed by atoms with Gasteiger partial charge in [0.15, 0.2) is 0 Å². The average Bonchev–Trinajstić information content (AvgIpc) is 2.57. The summed E-state index contributed by atoms with van der Waals surface area (Å²) in [6.07, 6.45) is 5.36. The van der Waals surface area contributed by atoms with Crippen molar-refractivity contribution >= 4 is 22.6 Å². The number of aromatic nitrogens is 2. The van der Waals surface area contributed by atoms with Crippen molar-refractivity contribution in [2.45, 2.75) is 32.2 Å². The zero-order chi connectivity index (χ0) is 12.4. The molecule has 18 heavy (non-hydrogen) atoms. The Kier molecular flexibility index (Phi) is 3.52. The van der Waals surface area contributed by atoms with Crippen LogP contribution in [0.25, 0.3) is 11.0 Å². The van der Waals surface area contributed by atoms with Crippen molar-refractivity contribution in [3.8, 4) is 0 Å². The lowest BCUT2D eigenvalue weighted by Crippen LogP contribution is -2.24. The molecule has 1 aliphatic heterocycles. The van der Waals surface area contributed by atoms with Crippen molar-refractivity contribution < 1.29 is 0 Å². The summed E-state index contributed by atoms with van der Waals surface area (Å²) in [4.78, 5) is 10.5. The maximum Gasteiger partial charge on any atom is 0.121 e. The van der Waals surface area contributed by atoms with E-state index in [1.165, 1.54) is 38.8 Å². The normalized spacial score (nSPS) is 18.1. The Bertz CT molecular complexity index is 527. The Balaban J connectivity index is 1.77. The van der Waals surface area contributed by atoms with E-state index >= 15 is 0 Å². The predicted molar refractivity (Wildman–Crippen MR) is 74.8 cm³/mol. The minimum absolute atomic E-state index is 0.757. The monoisotopic (exact) mass is 263 g/mol. The highest BCUT2D eigenvalue weighted by atomic mass is 35.5. The fourth-order valence-corrected chi connectivity index (χ4v) is 2.79. The van der Waals surface area contributed by atoms with E-state index in [0.29, 0.717) is 0 Å². The van der Waals surface area contributed by atoms with Gasteiger partial charge in [-0.15, -0.1) is 0 Å². The Morgan fingerprint density at radius 1 is 1.17 bits per heavy atom. The van der Waals surface area contributed by atoms with Crippen LogP contribution < -0.4 is 0 Å². The molecule has 0 bridgehead atoms. The molecule has 1 aliphatic rings. The number of hydrogen-bond donors (Lipinski definition) is 1. The molecule has 0 spiro atoms. The fraction of sp³-hybridized carbons (Fsp3) is 0.500. The molecule has 2 aromatic rings. The fourth-order valence-electron chi connectivity index (χ4n) is 2.62. The van der Waals surface area contributed by atoms with E-state index < -0.39 is 0 Å². The van der Waals surface area contributed by atoms with Gasteiger partial charge in [-0.1, -0.05) is 24.4 Å². The molecular weight excluding hydrogens is 246 g/mol. The Labute approximate surface area is 112 Å². The lowest BCUT2D eigenvalue weighted by atomic mass is 10.2. The summed E-state index contributed by atoms with van der Waals surface area (Å²) >= 11 is 5.98. The molecule has 1 N–H and O–H groups in total. The first-order chi connectivity index (χ1) is 8.81. The molecule has 3 rings (SSSR count). The summed E-state index contributed by atoms with van der Waals surface area (Å²) in [6.45, 7) is 3.31. The molecule has 0 atom stereocenters. The van der Waals surface area contributed by atoms with Gasteiger partial charge in [-0.05, 0) is 44.1 Å². The predicted octanol–water partition coefficient (Wildman–Crippen LogP) is 3.59. The molecule has 1 saturated heterocycles. The molecule has 1 fully saturated rings. The number of imidazole rings is 1. The molecule has 0 saturated carbocycles. The van der Waals surface area contributed by atoms with Crippen LogP contribution >= 0.6 is 11.6 Å². The Hall–Kier alpha value is -1.06. The minimum atomic E-state index is 0.757. The van der Waals surface area contributed by atoms with Crippen LogP contribution in [-0.2, 0) is 6.54 Å². The number of aromatic amines is 1. The van der Waals surface area contributed by atoms with Crippen LogP contribution in [0.4, 0.5) is 0 Å². The first-order valence-electron chi connectivity index (χ1n) is 6.68. The van der Waals surface area contributed by atoms with Crippen molar-refractivity contribution in [2.24, 2.45) is 0 Å². The lowest BCUT2D eigenvalue weighted by molar-refractivity contribution is 0.271. The van der Waals surface area contributed by atoms with Crippen LogP contribution in [0.3, 0.4) is 0 Å². The Morgan fingerprint density at radius 3 is 2.72 bits per heavy atom. The van der Waals surface area contributed by atoms with Gasteiger partial charge in [0.25, 0.3) is 0 Å². The number of H-pyrrole nitrogens is 1. The number of rotatable bonds is 2. The summed E-state index contributed by atoms with van der Waals surface area (Å²) < 4.78 is 0. The van der Waals surface area contributed by atoms with Crippen LogP contribution in [0.2, 0.25) is 5.02 Å². The van der Waals surface area contributed by atoms with Crippen molar-refractivity contribution in [1.29, 1.82) is 0 Å². The van der Waals surface area contributed by atoms with Gasteiger partial charge in [0.1, 0.15) is 5.82 Å². The third-order valence-electron chi connectivity index (χ3n) is 3.57. The van der Waals surface area contributed by atoms with Crippen LogP contribution in [0, 0.1) is 0 Å². The molecule has 1 aromatic carbocycles. The van der Waals surface area contributed by atoms with Gasteiger partial charge in [0, 0.05) is 5.02 Å². The van der Waals surface area contributed by atoms with Gasteiger partial charge in [-0.25, -0.2) is 4.98 Å². The third kappa shape index (κ3) is 2.68. The van der Waals surface area contributed by atoms with Crippen molar-refractivity contribution in [3.05, 3.63) is 29.0 Å².